The van der Waals surface area contributed by atoms with Gasteiger partial charge in [-0.05, 0) is 54.4 Å². The number of aromatic nitrogens is 1. The molecule has 1 unspecified atom stereocenters. The number of urea groups is 1. The first-order valence-corrected chi connectivity index (χ1v) is 11.2. The Balaban J connectivity index is 1.75. The third-order valence-electron chi connectivity index (χ3n) is 5.81. The van der Waals surface area contributed by atoms with Gasteiger partial charge in [-0.1, -0.05) is 12.1 Å². The van der Waals surface area contributed by atoms with Crippen molar-refractivity contribution in [2.75, 3.05) is 31.0 Å². The minimum Gasteiger partial charge on any atom is -0.497 e. The number of rotatable bonds is 8. The summed E-state index contributed by atoms with van der Waals surface area (Å²) in [6, 6.07) is 12.4. The third-order valence-corrected chi connectivity index (χ3v) is 5.81. The number of methoxy groups -OCH3 is 2. The fourth-order valence-corrected chi connectivity index (χ4v) is 4.04. The molecule has 1 aliphatic rings. The molecule has 0 spiro atoms. The van der Waals surface area contributed by atoms with Crippen molar-refractivity contribution in [1.29, 1.82) is 0 Å². The smallest absolute Gasteiger partial charge is 0.332 e. The van der Waals surface area contributed by atoms with Crippen molar-refractivity contribution in [2.45, 2.75) is 19.4 Å². The van der Waals surface area contributed by atoms with E-state index in [0.717, 1.165) is 10.5 Å². The number of halogens is 1. The van der Waals surface area contributed by atoms with E-state index >= 15 is 0 Å². The van der Waals surface area contributed by atoms with Crippen molar-refractivity contribution < 1.29 is 28.2 Å². The Labute approximate surface area is 207 Å². The Kier molecular flexibility index (Phi) is 7.14. The van der Waals surface area contributed by atoms with Crippen LogP contribution in [0.2, 0.25) is 0 Å². The van der Waals surface area contributed by atoms with Crippen LogP contribution in [0.1, 0.15) is 24.1 Å². The minimum absolute atomic E-state index is 0.143. The van der Waals surface area contributed by atoms with Crippen molar-refractivity contribution in [3.63, 3.8) is 0 Å². The van der Waals surface area contributed by atoms with E-state index in [9.17, 15) is 18.8 Å². The summed E-state index contributed by atoms with van der Waals surface area (Å²) in [5, 5.41) is 2.63. The summed E-state index contributed by atoms with van der Waals surface area (Å²) in [5.74, 6) is -0.224. The molecule has 2 heterocycles. The first-order valence-electron chi connectivity index (χ1n) is 11.2. The highest BCUT2D eigenvalue weighted by Crippen LogP contribution is 2.38. The Hall–Kier alpha value is -4.47. The molecule has 4 rings (SSSR count). The van der Waals surface area contributed by atoms with Gasteiger partial charge in [-0.25, -0.2) is 19.1 Å². The van der Waals surface area contributed by atoms with Crippen molar-refractivity contribution in [3.05, 3.63) is 77.7 Å². The molecule has 9 nitrogen and oxygen atoms in total. The van der Waals surface area contributed by atoms with Crippen LogP contribution in [0, 0.1) is 5.82 Å². The lowest BCUT2D eigenvalue weighted by atomic mass is 10.0. The van der Waals surface area contributed by atoms with Gasteiger partial charge < -0.3 is 19.7 Å². The Morgan fingerprint density at radius 3 is 2.31 bits per heavy atom. The zero-order chi connectivity index (χ0) is 25.8. The lowest BCUT2D eigenvalue weighted by molar-refractivity contribution is -0.120. The summed E-state index contributed by atoms with van der Waals surface area (Å²) >= 11 is 0. The molecule has 1 atom stereocenters. The Bertz CT molecular complexity index is 1280. The second-order valence-electron chi connectivity index (χ2n) is 8.12. The number of nitrogens with zero attached hydrogens (tertiary/aromatic N) is 3. The molecule has 186 valence electrons. The van der Waals surface area contributed by atoms with E-state index in [1.807, 2.05) is 24.3 Å². The molecule has 2 aromatic carbocycles. The monoisotopic (exact) mass is 492 g/mol. The molecular weight excluding hydrogens is 467 g/mol. The molecule has 3 aromatic rings. The van der Waals surface area contributed by atoms with Crippen LogP contribution in [-0.2, 0) is 16.0 Å². The van der Waals surface area contributed by atoms with Crippen LogP contribution in [-0.4, -0.2) is 48.5 Å². The number of hydrogen-bond acceptors (Lipinski definition) is 6. The molecule has 0 saturated carbocycles. The molecule has 1 fully saturated rings. The number of amides is 4. The van der Waals surface area contributed by atoms with Gasteiger partial charge in [-0.2, -0.15) is 0 Å². The maximum atomic E-state index is 13.7. The van der Waals surface area contributed by atoms with Crippen LogP contribution in [0.3, 0.4) is 0 Å². The summed E-state index contributed by atoms with van der Waals surface area (Å²) < 4.78 is 24.0. The van der Waals surface area contributed by atoms with Crippen molar-refractivity contribution in [1.82, 2.24) is 9.88 Å². The van der Waals surface area contributed by atoms with Crippen molar-refractivity contribution in [3.8, 4) is 11.5 Å². The highest BCUT2D eigenvalue weighted by Gasteiger charge is 2.47. The number of hydrogen-bond donors (Lipinski definition) is 1. The van der Waals surface area contributed by atoms with Gasteiger partial charge in [0.2, 0.25) is 5.91 Å². The van der Waals surface area contributed by atoms with E-state index in [4.69, 9.17) is 9.47 Å². The first kappa shape index (κ1) is 24.6. The fraction of sp³-hybridized carbons (Fsp3) is 0.231. The Morgan fingerprint density at radius 1 is 1.03 bits per heavy atom. The van der Waals surface area contributed by atoms with E-state index in [0.29, 0.717) is 23.5 Å². The molecule has 0 aliphatic carbocycles. The largest absolute Gasteiger partial charge is 0.497 e. The van der Waals surface area contributed by atoms with Crippen LogP contribution in [0.4, 0.5) is 20.7 Å². The summed E-state index contributed by atoms with van der Waals surface area (Å²) in [6.45, 7) is 1.51. The summed E-state index contributed by atoms with van der Waals surface area (Å²) in [5.41, 5.74) is 1.48. The van der Waals surface area contributed by atoms with Gasteiger partial charge >= 0.3 is 6.03 Å². The quantitative estimate of drug-likeness (QED) is 0.478. The number of carbonyl (C=O) groups excluding carboxylic acids is 3. The van der Waals surface area contributed by atoms with Crippen molar-refractivity contribution >= 4 is 29.4 Å². The standard InChI is InChI=1S/C26H25FN4O5/c1-16(32)29-24-22(14-21(36-3)15-28-24)23-25(33)31(19-8-6-18(27)7-9-19)26(34)30(23)13-12-17-4-10-20(35-2)11-5-17/h4-11,14-15,23H,12-13H2,1-3H3,(H,28,29,32). The molecule has 0 bridgehead atoms. The summed E-state index contributed by atoms with van der Waals surface area (Å²) in [6.07, 6.45) is 1.86. The average Bonchev–Trinajstić information content (AvgIpc) is 3.12. The van der Waals surface area contributed by atoms with Gasteiger partial charge in [0.1, 0.15) is 29.2 Å². The van der Waals surface area contributed by atoms with E-state index in [1.54, 1.807) is 13.2 Å². The van der Waals surface area contributed by atoms with Crippen molar-refractivity contribution in [2.24, 2.45) is 0 Å². The number of ether oxygens (including phenoxy) is 2. The molecule has 1 N–H and O–H groups in total. The van der Waals surface area contributed by atoms with Gasteiger partial charge in [0.05, 0.1) is 26.1 Å². The highest BCUT2D eigenvalue weighted by atomic mass is 19.1. The lowest BCUT2D eigenvalue weighted by Crippen LogP contribution is -2.34. The topological polar surface area (TPSA) is 101 Å². The van der Waals surface area contributed by atoms with Crippen LogP contribution >= 0.6 is 0 Å². The summed E-state index contributed by atoms with van der Waals surface area (Å²) in [7, 11) is 3.03. The van der Waals surface area contributed by atoms with E-state index < -0.39 is 23.8 Å². The molecule has 4 amide bonds. The number of nitrogens with one attached hydrogen (secondary N) is 1. The maximum absolute atomic E-state index is 13.7. The fourth-order valence-electron chi connectivity index (χ4n) is 4.04. The molecule has 1 saturated heterocycles. The molecule has 0 radical (unpaired) electrons. The molecule has 10 heteroatoms. The highest BCUT2D eigenvalue weighted by molar-refractivity contribution is 6.21. The SMILES string of the molecule is COc1ccc(CCN2C(=O)N(c3ccc(F)cc3)C(=O)C2c2cc(OC)cnc2NC(C)=O)cc1. The third kappa shape index (κ3) is 4.97. The van der Waals surface area contributed by atoms with Crippen LogP contribution in [0.15, 0.2) is 60.8 Å². The summed E-state index contributed by atoms with van der Waals surface area (Å²) in [4.78, 5) is 45.8. The number of carbonyl (C=O) groups is 3. The maximum Gasteiger partial charge on any atom is 0.332 e. The first-order chi connectivity index (χ1) is 17.3. The Morgan fingerprint density at radius 2 is 1.69 bits per heavy atom. The molecule has 1 aliphatic heterocycles. The number of anilines is 2. The van der Waals surface area contributed by atoms with Gasteiger partial charge in [0.25, 0.3) is 5.91 Å². The molecular formula is C26H25FN4O5. The van der Waals surface area contributed by atoms with Gasteiger partial charge in [-0.3, -0.25) is 9.59 Å². The minimum atomic E-state index is -1.09. The van der Waals surface area contributed by atoms with E-state index in [-0.39, 0.29) is 24.0 Å². The van der Waals surface area contributed by atoms with Crippen LogP contribution < -0.4 is 19.7 Å². The number of benzene rings is 2. The predicted molar refractivity (Wildman–Crippen MR) is 131 cm³/mol. The van der Waals surface area contributed by atoms with E-state index in [1.165, 1.54) is 49.4 Å². The van der Waals surface area contributed by atoms with Crippen LogP contribution in [0.5, 0.6) is 11.5 Å². The van der Waals surface area contributed by atoms with E-state index in [2.05, 4.69) is 10.3 Å². The van der Waals surface area contributed by atoms with Gasteiger partial charge in [0.15, 0.2) is 0 Å². The molecule has 36 heavy (non-hydrogen) atoms. The lowest BCUT2D eigenvalue weighted by Gasteiger charge is -2.24. The number of pyridine rings is 1. The second-order valence-corrected chi connectivity index (χ2v) is 8.12. The zero-order valence-electron chi connectivity index (χ0n) is 20.0. The van der Waals surface area contributed by atoms with Crippen LogP contribution in [0.25, 0.3) is 0 Å². The normalized spacial score (nSPS) is 15.3. The zero-order valence-corrected chi connectivity index (χ0v) is 20.0. The van der Waals surface area contributed by atoms with Gasteiger partial charge in [-0.15, -0.1) is 0 Å². The molecule has 1 aromatic heterocycles. The predicted octanol–water partition coefficient (Wildman–Crippen LogP) is 3.95. The average molecular weight is 493 g/mol. The second kappa shape index (κ2) is 10.4. The van der Waals surface area contributed by atoms with Gasteiger partial charge in [0, 0.05) is 19.0 Å². The number of imide groups is 1.